The lowest BCUT2D eigenvalue weighted by molar-refractivity contribution is 0.141. The molecule has 1 heterocycles. The predicted molar refractivity (Wildman–Crippen MR) is 56.0 cm³/mol. The first-order valence-corrected chi connectivity index (χ1v) is 5.19. The molecule has 14 heavy (non-hydrogen) atoms. The van der Waals surface area contributed by atoms with Gasteiger partial charge < -0.3 is 10.1 Å². The number of benzene rings is 1. The molecule has 1 aliphatic rings. The van der Waals surface area contributed by atoms with Crippen molar-refractivity contribution in [2.24, 2.45) is 0 Å². The van der Waals surface area contributed by atoms with Gasteiger partial charge in [0.1, 0.15) is 6.10 Å². The number of ether oxygens (including phenoxy) is 1. The predicted octanol–water partition coefficient (Wildman–Crippen LogP) is 2.62. The second-order valence-electron chi connectivity index (χ2n) is 3.28. The van der Waals surface area contributed by atoms with Crippen molar-refractivity contribution < 1.29 is 9.53 Å². The number of carbonyl (C=O) groups excluding carboxylic acids is 1. The molecule has 3 nitrogen and oxygen atoms in total. The second-order valence-corrected chi connectivity index (χ2v) is 4.20. The van der Waals surface area contributed by atoms with Gasteiger partial charge in [0.15, 0.2) is 0 Å². The van der Waals surface area contributed by atoms with E-state index in [4.69, 9.17) is 4.74 Å². The molecule has 4 heteroatoms. The van der Waals surface area contributed by atoms with E-state index in [9.17, 15) is 4.79 Å². The molecule has 0 radical (unpaired) electrons. The SMILES string of the molecule is CC1OC(=O)NC1c1ccc(Br)cc1. The van der Waals surface area contributed by atoms with Gasteiger partial charge in [-0.1, -0.05) is 28.1 Å². The summed E-state index contributed by atoms with van der Waals surface area (Å²) in [6.07, 6.45) is -0.450. The Bertz CT molecular complexity index is 350. The Hall–Kier alpha value is -1.03. The summed E-state index contributed by atoms with van der Waals surface area (Å²) in [6.45, 7) is 1.88. The molecule has 1 aromatic carbocycles. The van der Waals surface area contributed by atoms with Gasteiger partial charge in [-0.2, -0.15) is 0 Å². The van der Waals surface area contributed by atoms with E-state index in [1.165, 1.54) is 0 Å². The maximum absolute atomic E-state index is 11.0. The smallest absolute Gasteiger partial charge is 0.408 e. The second kappa shape index (κ2) is 3.61. The fourth-order valence-corrected chi connectivity index (χ4v) is 1.80. The minimum absolute atomic E-state index is 0.0319. The van der Waals surface area contributed by atoms with Gasteiger partial charge in [0.05, 0.1) is 6.04 Å². The van der Waals surface area contributed by atoms with Crippen LogP contribution in [0.25, 0.3) is 0 Å². The van der Waals surface area contributed by atoms with Gasteiger partial charge in [-0.15, -0.1) is 0 Å². The molecule has 0 aliphatic carbocycles. The van der Waals surface area contributed by atoms with Crippen LogP contribution in [0.15, 0.2) is 28.7 Å². The molecule has 1 saturated heterocycles. The van der Waals surface area contributed by atoms with Crippen LogP contribution in [-0.2, 0) is 4.74 Å². The standard InChI is InChI=1S/C10H10BrNO2/c1-6-9(12-10(13)14-6)7-2-4-8(11)5-3-7/h2-6,9H,1H3,(H,12,13). The molecule has 2 rings (SSSR count). The molecule has 0 spiro atoms. The van der Waals surface area contributed by atoms with E-state index < -0.39 is 0 Å². The lowest BCUT2D eigenvalue weighted by Gasteiger charge is -2.12. The monoisotopic (exact) mass is 255 g/mol. The molecule has 74 valence electrons. The average Bonchev–Trinajstić information content (AvgIpc) is 2.47. The number of carbonyl (C=O) groups is 1. The molecule has 1 fully saturated rings. The number of halogens is 1. The summed E-state index contributed by atoms with van der Waals surface area (Å²) >= 11 is 3.36. The maximum Gasteiger partial charge on any atom is 0.408 e. The third kappa shape index (κ3) is 1.75. The van der Waals surface area contributed by atoms with Crippen molar-refractivity contribution in [3.8, 4) is 0 Å². The van der Waals surface area contributed by atoms with Gasteiger partial charge in [-0.3, -0.25) is 0 Å². The van der Waals surface area contributed by atoms with Crippen molar-refractivity contribution in [2.45, 2.75) is 19.1 Å². The highest BCUT2D eigenvalue weighted by atomic mass is 79.9. The minimum atomic E-state index is -0.342. The van der Waals surface area contributed by atoms with Crippen molar-refractivity contribution in [1.82, 2.24) is 5.32 Å². The van der Waals surface area contributed by atoms with Gasteiger partial charge in [0.25, 0.3) is 0 Å². The molecular formula is C10H10BrNO2. The quantitative estimate of drug-likeness (QED) is 0.838. The van der Waals surface area contributed by atoms with E-state index in [1.54, 1.807) is 0 Å². The van der Waals surface area contributed by atoms with Crippen molar-refractivity contribution >= 4 is 22.0 Å². The zero-order valence-electron chi connectivity index (χ0n) is 7.66. The Morgan fingerprint density at radius 3 is 2.50 bits per heavy atom. The van der Waals surface area contributed by atoms with Crippen molar-refractivity contribution in [3.63, 3.8) is 0 Å². The summed E-state index contributed by atoms with van der Waals surface area (Å²) in [5.74, 6) is 0. The number of hydrogen-bond donors (Lipinski definition) is 1. The third-order valence-corrected chi connectivity index (χ3v) is 2.79. The molecule has 1 aromatic rings. The first kappa shape index (κ1) is 9.52. The normalized spacial score (nSPS) is 25.7. The van der Waals surface area contributed by atoms with Crippen molar-refractivity contribution in [2.75, 3.05) is 0 Å². The molecule has 1 aliphatic heterocycles. The van der Waals surface area contributed by atoms with Crippen LogP contribution in [-0.4, -0.2) is 12.2 Å². The molecule has 2 unspecified atom stereocenters. The van der Waals surface area contributed by atoms with Crippen LogP contribution in [0.3, 0.4) is 0 Å². The van der Waals surface area contributed by atoms with E-state index in [2.05, 4.69) is 21.2 Å². The fourth-order valence-electron chi connectivity index (χ4n) is 1.54. The van der Waals surface area contributed by atoms with E-state index in [-0.39, 0.29) is 18.2 Å². The highest BCUT2D eigenvalue weighted by Crippen LogP contribution is 2.25. The molecule has 0 bridgehead atoms. The zero-order chi connectivity index (χ0) is 10.1. The number of cyclic esters (lactones) is 1. The zero-order valence-corrected chi connectivity index (χ0v) is 9.24. The Kier molecular flexibility index (Phi) is 2.46. The van der Waals surface area contributed by atoms with Crippen LogP contribution in [0.2, 0.25) is 0 Å². The van der Waals surface area contributed by atoms with Crippen LogP contribution < -0.4 is 5.32 Å². The summed E-state index contributed by atoms with van der Waals surface area (Å²) in [5, 5.41) is 2.76. The van der Waals surface area contributed by atoms with Gasteiger partial charge in [-0.25, -0.2) is 4.79 Å². The van der Waals surface area contributed by atoms with Gasteiger partial charge >= 0.3 is 6.09 Å². The number of rotatable bonds is 1. The fraction of sp³-hybridized carbons (Fsp3) is 0.300. The molecule has 1 N–H and O–H groups in total. The van der Waals surface area contributed by atoms with Crippen LogP contribution in [0.5, 0.6) is 0 Å². The van der Waals surface area contributed by atoms with Crippen LogP contribution >= 0.6 is 15.9 Å². The Morgan fingerprint density at radius 2 is 2.00 bits per heavy atom. The molecule has 1 amide bonds. The highest BCUT2D eigenvalue weighted by Gasteiger charge is 2.31. The summed E-state index contributed by atoms with van der Waals surface area (Å²) in [4.78, 5) is 11.0. The van der Waals surface area contributed by atoms with Crippen LogP contribution in [0.4, 0.5) is 4.79 Å². The number of amides is 1. The molecule has 2 atom stereocenters. The summed E-state index contributed by atoms with van der Waals surface area (Å²) in [5.41, 5.74) is 1.06. The van der Waals surface area contributed by atoms with E-state index in [0.717, 1.165) is 10.0 Å². The molecule has 0 aromatic heterocycles. The molecular weight excluding hydrogens is 246 g/mol. The summed E-state index contributed by atoms with van der Waals surface area (Å²) in [7, 11) is 0. The lowest BCUT2D eigenvalue weighted by atomic mass is 10.0. The first-order valence-electron chi connectivity index (χ1n) is 4.39. The number of alkyl carbamates (subject to hydrolysis) is 1. The van der Waals surface area contributed by atoms with E-state index in [0.29, 0.717) is 0 Å². The van der Waals surface area contributed by atoms with Crippen LogP contribution in [0, 0.1) is 0 Å². The number of nitrogens with one attached hydrogen (secondary N) is 1. The van der Waals surface area contributed by atoms with E-state index in [1.807, 2.05) is 31.2 Å². The summed E-state index contributed by atoms with van der Waals surface area (Å²) < 4.78 is 6.02. The minimum Gasteiger partial charge on any atom is -0.444 e. The lowest BCUT2D eigenvalue weighted by Crippen LogP contribution is -2.20. The van der Waals surface area contributed by atoms with Crippen LogP contribution in [0.1, 0.15) is 18.5 Å². The topological polar surface area (TPSA) is 38.3 Å². The third-order valence-electron chi connectivity index (χ3n) is 2.26. The Labute approximate surface area is 90.6 Å². The average molecular weight is 256 g/mol. The maximum atomic E-state index is 11.0. The van der Waals surface area contributed by atoms with Gasteiger partial charge in [-0.05, 0) is 24.6 Å². The van der Waals surface area contributed by atoms with Crippen molar-refractivity contribution in [1.29, 1.82) is 0 Å². The highest BCUT2D eigenvalue weighted by molar-refractivity contribution is 9.10. The van der Waals surface area contributed by atoms with E-state index >= 15 is 0 Å². The largest absolute Gasteiger partial charge is 0.444 e. The first-order chi connectivity index (χ1) is 6.66. The van der Waals surface area contributed by atoms with Gasteiger partial charge in [0, 0.05) is 4.47 Å². The number of hydrogen-bond acceptors (Lipinski definition) is 2. The van der Waals surface area contributed by atoms with Crippen molar-refractivity contribution in [3.05, 3.63) is 34.3 Å². The molecule has 0 saturated carbocycles. The van der Waals surface area contributed by atoms with Gasteiger partial charge in [0.2, 0.25) is 0 Å². The summed E-state index contributed by atoms with van der Waals surface area (Å²) in [6, 6.07) is 7.81. The Morgan fingerprint density at radius 1 is 1.36 bits per heavy atom. The Balaban J connectivity index is 2.23.